The third kappa shape index (κ3) is 4.65. The van der Waals surface area contributed by atoms with Crippen LogP contribution < -0.4 is 10.6 Å². The highest BCUT2D eigenvalue weighted by Crippen LogP contribution is 2.27. The number of morpholine rings is 1. The van der Waals surface area contributed by atoms with Gasteiger partial charge in [0.05, 0.1) is 18.9 Å². The fraction of sp³-hybridized carbons (Fsp3) is 0.316. The molecule has 0 amide bonds. The number of hydrogen-bond acceptors (Lipinski definition) is 4. The molecule has 1 fully saturated rings. The Morgan fingerprint density at radius 1 is 1.04 bits per heavy atom. The van der Waals surface area contributed by atoms with Gasteiger partial charge in [-0.15, -0.1) is 0 Å². The van der Waals surface area contributed by atoms with Crippen LogP contribution in [0.2, 0.25) is 0 Å². The van der Waals surface area contributed by atoms with Gasteiger partial charge in [-0.1, -0.05) is 24.3 Å². The van der Waals surface area contributed by atoms with Gasteiger partial charge >= 0.3 is 0 Å². The molecule has 1 aliphatic heterocycles. The Bertz CT molecular complexity index is 939. The van der Waals surface area contributed by atoms with Crippen molar-refractivity contribution in [1.29, 1.82) is 0 Å². The van der Waals surface area contributed by atoms with E-state index in [-0.39, 0.29) is 4.90 Å². The lowest BCUT2D eigenvalue weighted by atomic mass is 10.2. The number of nitrogens with one attached hydrogen (secondary N) is 2. The lowest BCUT2D eigenvalue weighted by Gasteiger charge is -2.27. The Balaban J connectivity index is 1.86. The lowest BCUT2D eigenvalue weighted by Crippen LogP contribution is -2.41. The first kappa shape index (κ1) is 19.8. The molecular weight excluding hydrogens is 382 g/mol. The zero-order valence-electron chi connectivity index (χ0n) is 15.4. The summed E-state index contributed by atoms with van der Waals surface area (Å²) in [4.78, 5) is 0.221. The fourth-order valence-corrected chi connectivity index (χ4v) is 4.72. The highest BCUT2D eigenvalue weighted by atomic mass is 32.2. The van der Waals surface area contributed by atoms with Crippen LogP contribution in [0.3, 0.4) is 0 Å². The molecule has 2 N–H and O–H groups in total. The van der Waals surface area contributed by atoms with Crippen LogP contribution in [-0.2, 0) is 14.8 Å². The van der Waals surface area contributed by atoms with Crippen molar-refractivity contribution in [2.75, 3.05) is 36.9 Å². The molecule has 1 saturated heterocycles. The van der Waals surface area contributed by atoms with Gasteiger partial charge in [0.25, 0.3) is 0 Å². The Kier molecular flexibility index (Phi) is 6.11. The third-order valence-electron chi connectivity index (χ3n) is 4.37. The van der Waals surface area contributed by atoms with Crippen molar-refractivity contribution in [2.24, 2.45) is 0 Å². The minimum atomic E-state index is -3.64. The minimum Gasteiger partial charge on any atom is -0.379 e. The highest BCUT2D eigenvalue weighted by molar-refractivity contribution is 7.89. The first-order valence-corrected chi connectivity index (χ1v) is 10.5. The molecule has 0 radical (unpaired) electrons. The number of hydrogen-bond donors (Lipinski definition) is 2. The highest BCUT2D eigenvalue weighted by Gasteiger charge is 2.29. The van der Waals surface area contributed by atoms with E-state index < -0.39 is 10.0 Å². The van der Waals surface area contributed by atoms with Crippen molar-refractivity contribution < 1.29 is 13.2 Å². The largest absolute Gasteiger partial charge is 0.379 e. The van der Waals surface area contributed by atoms with Gasteiger partial charge in [-0.25, -0.2) is 8.42 Å². The van der Waals surface area contributed by atoms with E-state index in [1.54, 1.807) is 12.1 Å². The quantitative estimate of drug-likeness (QED) is 0.762. The Morgan fingerprint density at radius 3 is 2.41 bits per heavy atom. The average molecular weight is 406 g/mol. The zero-order chi connectivity index (χ0) is 19.4. The van der Waals surface area contributed by atoms with E-state index in [0.29, 0.717) is 37.1 Å². The maximum atomic E-state index is 13.1. The second-order valence-electron chi connectivity index (χ2n) is 6.41. The topological polar surface area (TPSA) is 70.7 Å². The SMILES string of the molecule is Cc1ccc(NC(=S)Nc2ccccc2C)c(S(=O)(=O)N2CCOCC2)c1. The summed E-state index contributed by atoms with van der Waals surface area (Å²) in [6.45, 7) is 5.35. The molecule has 0 bridgehead atoms. The summed E-state index contributed by atoms with van der Waals surface area (Å²) in [5.41, 5.74) is 3.25. The number of benzene rings is 2. The van der Waals surface area contributed by atoms with E-state index in [1.165, 1.54) is 4.31 Å². The van der Waals surface area contributed by atoms with Crippen LogP contribution in [0.25, 0.3) is 0 Å². The van der Waals surface area contributed by atoms with Crippen LogP contribution in [0.1, 0.15) is 11.1 Å². The minimum absolute atomic E-state index is 0.221. The molecule has 8 heteroatoms. The van der Waals surface area contributed by atoms with Crippen molar-refractivity contribution in [3.8, 4) is 0 Å². The van der Waals surface area contributed by atoms with Crippen LogP contribution in [0, 0.1) is 13.8 Å². The molecule has 144 valence electrons. The summed E-state index contributed by atoms with van der Waals surface area (Å²) in [7, 11) is -3.64. The zero-order valence-corrected chi connectivity index (χ0v) is 17.0. The van der Waals surface area contributed by atoms with Crippen molar-refractivity contribution in [2.45, 2.75) is 18.7 Å². The van der Waals surface area contributed by atoms with Gasteiger partial charge in [0.1, 0.15) is 4.90 Å². The van der Waals surface area contributed by atoms with E-state index in [1.807, 2.05) is 44.2 Å². The first-order valence-electron chi connectivity index (χ1n) is 8.70. The predicted molar refractivity (Wildman–Crippen MR) is 112 cm³/mol. The number of rotatable bonds is 4. The predicted octanol–water partition coefficient (Wildman–Crippen LogP) is 3.13. The summed E-state index contributed by atoms with van der Waals surface area (Å²) in [6, 6.07) is 13.0. The van der Waals surface area contributed by atoms with Crippen LogP contribution in [0.4, 0.5) is 11.4 Å². The molecule has 1 heterocycles. The summed E-state index contributed by atoms with van der Waals surface area (Å²) < 4.78 is 33.0. The summed E-state index contributed by atoms with van der Waals surface area (Å²) in [5.74, 6) is 0. The molecule has 0 saturated carbocycles. The molecular formula is C19H23N3O3S2. The fourth-order valence-electron chi connectivity index (χ4n) is 2.86. The van der Waals surface area contributed by atoms with Crippen molar-refractivity contribution in [1.82, 2.24) is 4.31 Å². The Morgan fingerprint density at radius 2 is 1.70 bits per heavy atom. The molecule has 0 spiro atoms. The van der Waals surface area contributed by atoms with Crippen LogP contribution in [0.15, 0.2) is 47.4 Å². The van der Waals surface area contributed by atoms with E-state index in [9.17, 15) is 8.42 Å². The van der Waals surface area contributed by atoms with Gasteiger partial charge in [-0.05, 0) is 55.4 Å². The smallest absolute Gasteiger partial charge is 0.245 e. The third-order valence-corrected chi connectivity index (χ3v) is 6.51. The van der Waals surface area contributed by atoms with Crippen LogP contribution >= 0.6 is 12.2 Å². The molecule has 0 atom stereocenters. The monoisotopic (exact) mass is 405 g/mol. The van der Waals surface area contributed by atoms with Crippen LogP contribution in [0.5, 0.6) is 0 Å². The number of thiocarbonyl (C=S) groups is 1. The van der Waals surface area contributed by atoms with Crippen molar-refractivity contribution >= 4 is 38.7 Å². The van der Waals surface area contributed by atoms with Gasteiger partial charge in [0, 0.05) is 18.8 Å². The normalized spacial score (nSPS) is 15.3. The number of anilines is 2. The number of sulfonamides is 1. The Hall–Kier alpha value is -2.00. The van der Waals surface area contributed by atoms with E-state index in [0.717, 1.165) is 16.8 Å². The molecule has 27 heavy (non-hydrogen) atoms. The number of ether oxygens (including phenoxy) is 1. The molecule has 3 rings (SSSR count). The van der Waals surface area contributed by atoms with Crippen molar-refractivity contribution in [3.63, 3.8) is 0 Å². The second kappa shape index (κ2) is 8.35. The van der Waals surface area contributed by atoms with Crippen LogP contribution in [-0.4, -0.2) is 44.1 Å². The summed E-state index contributed by atoms with van der Waals surface area (Å²) in [6.07, 6.45) is 0. The van der Waals surface area contributed by atoms with E-state index >= 15 is 0 Å². The van der Waals surface area contributed by atoms with Gasteiger partial charge in [0.15, 0.2) is 5.11 Å². The summed E-state index contributed by atoms with van der Waals surface area (Å²) >= 11 is 5.40. The number of para-hydroxylation sites is 1. The van der Waals surface area contributed by atoms with E-state index in [2.05, 4.69) is 10.6 Å². The molecule has 0 aliphatic carbocycles. The van der Waals surface area contributed by atoms with E-state index in [4.69, 9.17) is 17.0 Å². The molecule has 6 nitrogen and oxygen atoms in total. The maximum Gasteiger partial charge on any atom is 0.245 e. The average Bonchev–Trinajstić information content (AvgIpc) is 2.66. The molecule has 0 aromatic heterocycles. The molecule has 2 aromatic rings. The van der Waals surface area contributed by atoms with Gasteiger partial charge < -0.3 is 15.4 Å². The molecule has 1 aliphatic rings. The van der Waals surface area contributed by atoms with Gasteiger partial charge in [-0.2, -0.15) is 4.31 Å². The van der Waals surface area contributed by atoms with Crippen molar-refractivity contribution in [3.05, 3.63) is 53.6 Å². The lowest BCUT2D eigenvalue weighted by molar-refractivity contribution is 0.0730. The molecule has 0 unspecified atom stereocenters. The maximum absolute atomic E-state index is 13.1. The standard InChI is InChI=1S/C19H23N3O3S2/c1-14-7-8-17(21-19(26)20-16-6-4-3-5-15(16)2)18(13-14)27(23,24)22-9-11-25-12-10-22/h3-8,13H,9-12H2,1-2H3,(H2,20,21,26). The first-order chi connectivity index (χ1) is 12.9. The Labute approximate surface area is 165 Å². The number of nitrogens with zero attached hydrogens (tertiary/aromatic N) is 1. The van der Waals surface area contributed by atoms with Gasteiger partial charge in [-0.3, -0.25) is 0 Å². The number of aryl methyl sites for hydroxylation is 2. The molecule has 2 aromatic carbocycles. The summed E-state index contributed by atoms with van der Waals surface area (Å²) in [5, 5.41) is 6.50. The van der Waals surface area contributed by atoms with Gasteiger partial charge in [0.2, 0.25) is 10.0 Å². The second-order valence-corrected chi connectivity index (χ2v) is 8.72.